The van der Waals surface area contributed by atoms with E-state index >= 15 is 0 Å². The van der Waals surface area contributed by atoms with Crippen LogP contribution in [0.1, 0.15) is 35.2 Å². The molecule has 2 aliphatic rings. The number of carbonyl (C=O) groups is 3. The molecule has 2 fully saturated rings. The van der Waals surface area contributed by atoms with E-state index in [-0.39, 0.29) is 18.4 Å². The predicted octanol–water partition coefficient (Wildman–Crippen LogP) is 1.53. The highest BCUT2D eigenvalue weighted by Gasteiger charge is 2.29. The summed E-state index contributed by atoms with van der Waals surface area (Å²) in [5, 5.41) is 11.9. The second-order valence-electron chi connectivity index (χ2n) is 6.31. The third-order valence-electron chi connectivity index (χ3n) is 4.35. The van der Waals surface area contributed by atoms with Gasteiger partial charge in [0.2, 0.25) is 5.91 Å². The SMILES string of the molecule is O=C(NC1CC1)c1ccc(/C=C/C(=O)N2CCC(C(=O)O)C2)cc1. The molecule has 0 radical (unpaired) electrons. The molecule has 0 aromatic heterocycles. The lowest BCUT2D eigenvalue weighted by Gasteiger charge is -2.12. The van der Waals surface area contributed by atoms with Gasteiger partial charge in [-0.1, -0.05) is 12.1 Å². The lowest BCUT2D eigenvalue weighted by molar-refractivity contribution is -0.141. The Morgan fingerprint density at radius 3 is 2.42 bits per heavy atom. The fourth-order valence-corrected chi connectivity index (χ4v) is 2.68. The van der Waals surface area contributed by atoms with Gasteiger partial charge in [-0.3, -0.25) is 14.4 Å². The van der Waals surface area contributed by atoms with E-state index in [0.29, 0.717) is 24.6 Å². The number of hydrogen-bond donors (Lipinski definition) is 2. The molecule has 3 rings (SSSR count). The van der Waals surface area contributed by atoms with Crippen molar-refractivity contribution in [2.45, 2.75) is 25.3 Å². The van der Waals surface area contributed by atoms with E-state index in [1.165, 1.54) is 6.08 Å². The van der Waals surface area contributed by atoms with Crippen molar-refractivity contribution >= 4 is 23.9 Å². The topological polar surface area (TPSA) is 86.7 Å². The van der Waals surface area contributed by atoms with Crippen molar-refractivity contribution in [3.63, 3.8) is 0 Å². The summed E-state index contributed by atoms with van der Waals surface area (Å²) in [6, 6.07) is 7.37. The molecule has 1 aliphatic carbocycles. The molecule has 1 heterocycles. The highest BCUT2D eigenvalue weighted by Crippen LogP contribution is 2.20. The van der Waals surface area contributed by atoms with E-state index in [1.54, 1.807) is 35.2 Å². The Bertz CT molecular complexity index is 677. The van der Waals surface area contributed by atoms with E-state index < -0.39 is 11.9 Å². The van der Waals surface area contributed by atoms with Crippen molar-refractivity contribution in [3.8, 4) is 0 Å². The van der Waals surface area contributed by atoms with Gasteiger partial charge in [0.05, 0.1) is 5.92 Å². The van der Waals surface area contributed by atoms with Crippen LogP contribution >= 0.6 is 0 Å². The molecule has 1 aromatic rings. The largest absolute Gasteiger partial charge is 0.481 e. The number of likely N-dealkylation sites (tertiary alicyclic amines) is 1. The first-order valence-electron chi connectivity index (χ1n) is 8.13. The summed E-state index contributed by atoms with van der Waals surface area (Å²) in [5.41, 5.74) is 1.43. The molecule has 1 aromatic carbocycles. The highest BCUT2D eigenvalue weighted by atomic mass is 16.4. The molecule has 2 N–H and O–H groups in total. The number of carbonyl (C=O) groups excluding carboxylic acids is 2. The van der Waals surface area contributed by atoms with Crippen LogP contribution in [0.4, 0.5) is 0 Å². The number of rotatable bonds is 5. The zero-order chi connectivity index (χ0) is 17.1. The fraction of sp³-hybridized carbons (Fsp3) is 0.389. The van der Waals surface area contributed by atoms with Crippen molar-refractivity contribution in [1.29, 1.82) is 0 Å². The Labute approximate surface area is 140 Å². The summed E-state index contributed by atoms with van der Waals surface area (Å²) in [5.74, 6) is -1.57. The van der Waals surface area contributed by atoms with E-state index in [2.05, 4.69) is 5.32 Å². The van der Waals surface area contributed by atoms with Gasteiger partial charge >= 0.3 is 5.97 Å². The number of nitrogens with one attached hydrogen (secondary N) is 1. The maximum atomic E-state index is 12.1. The summed E-state index contributed by atoms with van der Waals surface area (Å²) >= 11 is 0. The molecule has 1 unspecified atom stereocenters. The number of carboxylic acids is 1. The molecule has 1 saturated heterocycles. The first-order chi connectivity index (χ1) is 11.5. The molecule has 1 atom stereocenters. The van der Waals surface area contributed by atoms with E-state index in [0.717, 1.165) is 18.4 Å². The van der Waals surface area contributed by atoms with E-state index in [1.807, 2.05) is 0 Å². The molecule has 1 aliphatic heterocycles. The molecule has 0 spiro atoms. The third kappa shape index (κ3) is 4.01. The minimum absolute atomic E-state index is 0.0686. The van der Waals surface area contributed by atoms with Crippen molar-refractivity contribution in [3.05, 3.63) is 41.5 Å². The molecular weight excluding hydrogens is 308 g/mol. The number of benzene rings is 1. The molecule has 6 nitrogen and oxygen atoms in total. The average molecular weight is 328 g/mol. The van der Waals surface area contributed by atoms with Gasteiger partial charge in [0.1, 0.15) is 0 Å². The van der Waals surface area contributed by atoms with Crippen molar-refractivity contribution in [2.75, 3.05) is 13.1 Å². The maximum Gasteiger partial charge on any atom is 0.308 e. The molecule has 2 amide bonds. The predicted molar refractivity (Wildman–Crippen MR) is 88.3 cm³/mol. The summed E-state index contributed by atoms with van der Waals surface area (Å²) in [7, 11) is 0. The quantitative estimate of drug-likeness (QED) is 0.803. The van der Waals surface area contributed by atoms with Crippen LogP contribution < -0.4 is 5.32 Å². The Morgan fingerprint density at radius 2 is 1.83 bits per heavy atom. The summed E-state index contributed by atoms with van der Waals surface area (Å²) in [6.07, 6.45) is 5.73. The van der Waals surface area contributed by atoms with Crippen LogP contribution in [0.2, 0.25) is 0 Å². The van der Waals surface area contributed by atoms with Crippen molar-refractivity contribution in [1.82, 2.24) is 10.2 Å². The molecule has 126 valence electrons. The van der Waals surface area contributed by atoms with Crippen LogP contribution in [0.3, 0.4) is 0 Å². The zero-order valence-corrected chi connectivity index (χ0v) is 13.3. The van der Waals surface area contributed by atoms with Crippen molar-refractivity contribution < 1.29 is 19.5 Å². The van der Waals surface area contributed by atoms with Gasteiger partial charge in [0.25, 0.3) is 5.91 Å². The molecule has 1 saturated carbocycles. The number of amides is 2. The minimum atomic E-state index is -0.852. The summed E-state index contributed by atoms with van der Waals surface area (Å²) in [4.78, 5) is 36.4. The second kappa shape index (κ2) is 6.86. The van der Waals surface area contributed by atoms with Gasteiger partial charge in [0.15, 0.2) is 0 Å². The number of aliphatic carboxylic acids is 1. The van der Waals surface area contributed by atoms with E-state index in [9.17, 15) is 14.4 Å². The van der Waals surface area contributed by atoms with Crippen LogP contribution in [0, 0.1) is 5.92 Å². The van der Waals surface area contributed by atoms with Crippen LogP contribution in [0.5, 0.6) is 0 Å². The number of nitrogens with zero attached hydrogens (tertiary/aromatic N) is 1. The number of carboxylic acid groups (broad SMARTS) is 1. The summed E-state index contributed by atoms with van der Waals surface area (Å²) in [6.45, 7) is 0.735. The standard InChI is InChI=1S/C18H20N2O4/c21-16(20-10-9-14(11-20)18(23)24)8-3-12-1-4-13(5-2-12)17(22)19-15-6-7-15/h1-5,8,14-15H,6-7,9-11H2,(H,19,22)(H,23,24)/b8-3+. The van der Waals surface area contributed by atoms with Crippen LogP contribution in [0.15, 0.2) is 30.3 Å². The van der Waals surface area contributed by atoms with Gasteiger partial charge in [-0.25, -0.2) is 0 Å². The monoisotopic (exact) mass is 328 g/mol. The zero-order valence-electron chi connectivity index (χ0n) is 13.3. The molecule has 6 heteroatoms. The molecular formula is C18H20N2O4. The lowest BCUT2D eigenvalue weighted by atomic mass is 10.1. The van der Waals surface area contributed by atoms with Crippen molar-refractivity contribution in [2.24, 2.45) is 5.92 Å². The van der Waals surface area contributed by atoms with Gasteiger partial charge in [-0.2, -0.15) is 0 Å². The summed E-state index contributed by atoms with van der Waals surface area (Å²) < 4.78 is 0. The number of hydrogen-bond acceptors (Lipinski definition) is 3. The smallest absolute Gasteiger partial charge is 0.308 e. The van der Waals surface area contributed by atoms with Crippen LogP contribution in [-0.4, -0.2) is 46.9 Å². The third-order valence-corrected chi connectivity index (χ3v) is 4.35. The van der Waals surface area contributed by atoms with Gasteiger partial charge in [0, 0.05) is 30.8 Å². The first kappa shape index (κ1) is 16.2. The Balaban J connectivity index is 1.55. The fourth-order valence-electron chi connectivity index (χ4n) is 2.68. The average Bonchev–Trinajstić information content (AvgIpc) is 3.24. The highest BCUT2D eigenvalue weighted by molar-refractivity contribution is 5.95. The van der Waals surface area contributed by atoms with Crippen LogP contribution in [0.25, 0.3) is 6.08 Å². The van der Waals surface area contributed by atoms with Crippen LogP contribution in [-0.2, 0) is 9.59 Å². The van der Waals surface area contributed by atoms with Gasteiger partial charge < -0.3 is 15.3 Å². The van der Waals surface area contributed by atoms with Gasteiger partial charge in [-0.15, -0.1) is 0 Å². The first-order valence-corrected chi connectivity index (χ1v) is 8.13. The second-order valence-corrected chi connectivity index (χ2v) is 6.31. The van der Waals surface area contributed by atoms with E-state index in [4.69, 9.17) is 5.11 Å². The molecule has 24 heavy (non-hydrogen) atoms. The Hall–Kier alpha value is -2.63. The van der Waals surface area contributed by atoms with Gasteiger partial charge in [-0.05, 0) is 43.0 Å². The minimum Gasteiger partial charge on any atom is -0.481 e. The Morgan fingerprint density at radius 1 is 1.12 bits per heavy atom. The molecule has 0 bridgehead atoms. The lowest BCUT2D eigenvalue weighted by Crippen LogP contribution is -2.28. The Kier molecular flexibility index (Phi) is 4.64. The normalized spacial score (nSPS) is 20.3. The maximum absolute atomic E-state index is 12.1.